The molecule has 3 aliphatic rings. The number of aliphatic hydroxyl groups is 2. The van der Waals surface area contributed by atoms with E-state index in [1.165, 1.54) is 5.57 Å². The van der Waals surface area contributed by atoms with Crippen LogP contribution in [0.25, 0.3) is 0 Å². The fourth-order valence-corrected chi connectivity index (χ4v) is 5.20. The molecule has 0 bridgehead atoms. The lowest BCUT2D eigenvalue weighted by molar-refractivity contribution is -0.145. The number of hydrogen-bond donors (Lipinski definition) is 2. The van der Waals surface area contributed by atoms with Crippen LogP contribution in [0.15, 0.2) is 36.0 Å². The Kier molecular flexibility index (Phi) is 4.47. The van der Waals surface area contributed by atoms with Gasteiger partial charge in [-0.1, -0.05) is 38.2 Å². The SMILES string of the molecule is C=C1CC[C@H]2[C@](C)(CO)[C@H](O)CC[C@@]2(C)[C@@H]1/C=C/C1=CCOC1=O. The molecular formula is C20H28O4. The normalized spacial score (nSPS) is 42.8. The Hall–Kier alpha value is -1.39. The zero-order valence-electron chi connectivity index (χ0n) is 14.6. The molecule has 4 nitrogen and oxygen atoms in total. The van der Waals surface area contributed by atoms with E-state index in [2.05, 4.69) is 19.6 Å². The second-order valence-corrected chi connectivity index (χ2v) is 8.07. The van der Waals surface area contributed by atoms with Crippen molar-refractivity contribution in [1.82, 2.24) is 0 Å². The molecule has 0 saturated heterocycles. The third-order valence-electron chi connectivity index (χ3n) is 6.78. The van der Waals surface area contributed by atoms with Crippen LogP contribution in [0, 0.1) is 22.7 Å². The van der Waals surface area contributed by atoms with E-state index in [9.17, 15) is 15.0 Å². The van der Waals surface area contributed by atoms with Crippen LogP contribution >= 0.6 is 0 Å². The van der Waals surface area contributed by atoms with Crippen LogP contribution < -0.4 is 0 Å². The molecule has 0 amide bonds. The number of hydrogen-bond acceptors (Lipinski definition) is 4. The Labute approximate surface area is 143 Å². The number of carbonyl (C=O) groups excluding carboxylic acids is 1. The zero-order valence-corrected chi connectivity index (χ0v) is 14.6. The monoisotopic (exact) mass is 332 g/mol. The summed E-state index contributed by atoms with van der Waals surface area (Å²) < 4.78 is 4.96. The van der Waals surface area contributed by atoms with Crippen molar-refractivity contribution < 1.29 is 19.7 Å². The van der Waals surface area contributed by atoms with E-state index in [1.54, 1.807) is 6.08 Å². The van der Waals surface area contributed by atoms with Gasteiger partial charge < -0.3 is 14.9 Å². The van der Waals surface area contributed by atoms with Crippen LogP contribution in [0.2, 0.25) is 0 Å². The molecule has 24 heavy (non-hydrogen) atoms. The molecule has 132 valence electrons. The number of esters is 1. The number of cyclic esters (lactones) is 1. The van der Waals surface area contributed by atoms with E-state index in [0.717, 1.165) is 19.3 Å². The standard InChI is InChI=1S/C20H28O4/c1-13-4-7-16-19(2,10-8-17(22)20(16,3)12-21)15(13)6-5-14-9-11-24-18(14)23/h5-6,9,15-17,21-22H,1,4,7-8,10-12H2,2-3H3/b6-5+/t15-,16-,17-,19+,20+/m1/s1. The van der Waals surface area contributed by atoms with Gasteiger partial charge in [0.05, 0.1) is 18.3 Å². The molecule has 0 spiro atoms. The molecule has 3 rings (SSSR count). The molecule has 2 N–H and O–H groups in total. The number of aliphatic hydroxyl groups excluding tert-OH is 2. The van der Waals surface area contributed by atoms with Crippen LogP contribution in [0.5, 0.6) is 0 Å². The van der Waals surface area contributed by atoms with Gasteiger partial charge in [-0.15, -0.1) is 0 Å². The van der Waals surface area contributed by atoms with Gasteiger partial charge in [0.25, 0.3) is 0 Å². The van der Waals surface area contributed by atoms with Crippen molar-refractivity contribution >= 4 is 5.97 Å². The third kappa shape index (κ3) is 2.56. The first kappa shape index (κ1) is 17.4. The van der Waals surface area contributed by atoms with Crippen molar-refractivity contribution in [2.75, 3.05) is 13.2 Å². The van der Waals surface area contributed by atoms with Crippen molar-refractivity contribution in [3.8, 4) is 0 Å². The van der Waals surface area contributed by atoms with Gasteiger partial charge in [-0.2, -0.15) is 0 Å². The molecule has 0 radical (unpaired) electrons. The summed E-state index contributed by atoms with van der Waals surface area (Å²) in [6, 6.07) is 0. The number of ether oxygens (including phenoxy) is 1. The van der Waals surface area contributed by atoms with Crippen molar-refractivity contribution in [2.45, 2.75) is 45.6 Å². The predicted molar refractivity (Wildman–Crippen MR) is 92.1 cm³/mol. The van der Waals surface area contributed by atoms with Crippen molar-refractivity contribution in [1.29, 1.82) is 0 Å². The van der Waals surface area contributed by atoms with Gasteiger partial charge in [-0.25, -0.2) is 4.79 Å². The summed E-state index contributed by atoms with van der Waals surface area (Å²) in [6.07, 6.45) is 8.69. The maximum Gasteiger partial charge on any atom is 0.338 e. The van der Waals surface area contributed by atoms with Gasteiger partial charge in [0.2, 0.25) is 0 Å². The highest BCUT2D eigenvalue weighted by molar-refractivity contribution is 5.93. The predicted octanol–water partition coefficient (Wildman–Crippen LogP) is 2.77. The molecule has 4 heteroatoms. The summed E-state index contributed by atoms with van der Waals surface area (Å²) in [6.45, 7) is 8.87. The number of fused-ring (bicyclic) bond motifs is 1. The Bertz CT molecular complexity index is 605. The van der Waals surface area contributed by atoms with Gasteiger partial charge in [-0.3, -0.25) is 0 Å². The highest BCUT2D eigenvalue weighted by Crippen LogP contribution is 2.61. The summed E-state index contributed by atoms with van der Waals surface area (Å²) in [5.41, 5.74) is 1.24. The Balaban J connectivity index is 1.92. The van der Waals surface area contributed by atoms with E-state index in [0.29, 0.717) is 18.6 Å². The summed E-state index contributed by atoms with van der Waals surface area (Å²) in [5.74, 6) is 0.0981. The van der Waals surface area contributed by atoms with E-state index in [1.807, 2.05) is 13.0 Å². The lowest BCUT2D eigenvalue weighted by atomic mass is 9.46. The minimum atomic E-state index is -0.481. The van der Waals surface area contributed by atoms with Crippen LogP contribution in [0.4, 0.5) is 0 Å². The van der Waals surface area contributed by atoms with Gasteiger partial charge in [0.1, 0.15) is 6.61 Å². The first-order valence-electron chi connectivity index (χ1n) is 8.85. The molecule has 1 aliphatic heterocycles. The molecule has 5 atom stereocenters. The second-order valence-electron chi connectivity index (χ2n) is 8.07. The minimum absolute atomic E-state index is 0.00515. The van der Waals surface area contributed by atoms with Crippen LogP contribution in [-0.2, 0) is 9.53 Å². The van der Waals surface area contributed by atoms with E-state index >= 15 is 0 Å². The molecule has 0 unspecified atom stereocenters. The highest BCUT2D eigenvalue weighted by atomic mass is 16.5. The Morgan fingerprint density at radius 2 is 2.17 bits per heavy atom. The first-order valence-corrected chi connectivity index (χ1v) is 8.85. The Morgan fingerprint density at radius 3 is 2.79 bits per heavy atom. The zero-order chi connectivity index (χ0) is 17.5. The number of rotatable bonds is 3. The summed E-state index contributed by atoms with van der Waals surface area (Å²) in [5, 5.41) is 20.5. The average molecular weight is 332 g/mol. The van der Waals surface area contributed by atoms with E-state index in [4.69, 9.17) is 4.74 Å². The lowest BCUT2D eigenvalue weighted by Gasteiger charge is -2.59. The van der Waals surface area contributed by atoms with Gasteiger partial charge in [0.15, 0.2) is 0 Å². The minimum Gasteiger partial charge on any atom is -0.458 e. The van der Waals surface area contributed by atoms with Crippen LogP contribution in [0.1, 0.15) is 39.5 Å². The first-order chi connectivity index (χ1) is 11.3. The molecule has 2 saturated carbocycles. The van der Waals surface area contributed by atoms with Gasteiger partial charge in [-0.05, 0) is 43.1 Å². The molecule has 2 fully saturated rings. The molecule has 0 aromatic rings. The maximum atomic E-state index is 11.7. The van der Waals surface area contributed by atoms with E-state index in [-0.39, 0.29) is 29.8 Å². The average Bonchev–Trinajstić information content (AvgIpc) is 2.96. The van der Waals surface area contributed by atoms with Crippen LogP contribution in [-0.4, -0.2) is 35.5 Å². The number of carbonyl (C=O) groups is 1. The van der Waals surface area contributed by atoms with Crippen molar-refractivity contribution in [3.05, 3.63) is 36.0 Å². The fourth-order valence-electron chi connectivity index (χ4n) is 5.20. The van der Waals surface area contributed by atoms with Gasteiger partial charge >= 0.3 is 5.97 Å². The lowest BCUT2D eigenvalue weighted by Crippen LogP contribution is -2.57. The summed E-state index contributed by atoms with van der Waals surface area (Å²) in [7, 11) is 0. The summed E-state index contributed by atoms with van der Waals surface area (Å²) >= 11 is 0. The van der Waals surface area contributed by atoms with Crippen LogP contribution in [0.3, 0.4) is 0 Å². The maximum absolute atomic E-state index is 11.7. The molecule has 0 aromatic heterocycles. The molecule has 2 aliphatic carbocycles. The molecule has 1 heterocycles. The van der Waals surface area contributed by atoms with Gasteiger partial charge in [0, 0.05) is 11.3 Å². The Morgan fingerprint density at radius 1 is 1.42 bits per heavy atom. The molecule has 0 aromatic carbocycles. The highest BCUT2D eigenvalue weighted by Gasteiger charge is 2.57. The third-order valence-corrected chi connectivity index (χ3v) is 6.78. The van der Waals surface area contributed by atoms with Crippen molar-refractivity contribution in [3.63, 3.8) is 0 Å². The topological polar surface area (TPSA) is 66.8 Å². The number of allylic oxidation sites excluding steroid dienone is 2. The fraction of sp³-hybridized carbons (Fsp3) is 0.650. The largest absolute Gasteiger partial charge is 0.458 e. The summed E-state index contributed by atoms with van der Waals surface area (Å²) in [4.78, 5) is 11.7. The van der Waals surface area contributed by atoms with Crippen molar-refractivity contribution in [2.24, 2.45) is 22.7 Å². The second kappa shape index (κ2) is 6.16. The smallest absolute Gasteiger partial charge is 0.338 e. The van der Waals surface area contributed by atoms with E-state index < -0.39 is 11.5 Å². The molecular weight excluding hydrogens is 304 g/mol. The quantitative estimate of drug-likeness (QED) is 0.616.